The second kappa shape index (κ2) is 9.85. The van der Waals surface area contributed by atoms with E-state index in [4.69, 9.17) is 0 Å². The molecular weight excluding hydrogens is 552 g/mol. The van der Waals surface area contributed by atoms with Gasteiger partial charge in [-0.05, 0) is 97.8 Å². The Morgan fingerprint density at radius 1 is 0.525 bits per heavy atom. The number of sulfonamides is 2. The van der Waals surface area contributed by atoms with Crippen molar-refractivity contribution >= 4 is 48.8 Å². The number of fused-ring (bicyclic) bond motifs is 3. The van der Waals surface area contributed by atoms with Gasteiger partial charge in [0.2, 0.25) is 0 Å². The molecule has 0 fully saturated rings. The van der Waals surface area contributed by atoms with Gasteiger partial charge in [-0.15, -0.1) is 0 Å². The van der Waals surface area contributed by atoms with E-state index < -0.39 is 25.8 Å². The van der Waals surface area contributed by atoms with Gasteiger partial charge in [0, 0.05) is 33.6 Å². The van der Waals surface area contributed by atoms with E-state index in [-0.39, 0.29) is 43.9 Å². The third-order valence-electron chi connectivity index (χ3n) is 6.47. The van der Waals surface area contributed by atoms with Crippen LogP contribution in [0.15, 0.2) is 94.7 Å². The molecule has 40 heavy (non-hydrogen) atoms. The number of ketones is 3. The molecular formula is C29H22N2O7S2. The van der Waals surface area contributed by atoms with E-state index in [1.165, 1.54) is 98.8 Å². The predicted molar refractivity (Wildman–Crippen MR) is 150 cm³/mol. The second-order valence-corrected chi connectivity index (χ2v) is 12.6. The summed E-state index contributed by atoms with van der Waals surface area (Å²) in [4.78, 5) is 35.9. The highest BCUT2D eigenvalue weighted by Gasteiger charge is 2.30. The summed E-state index contributed by atoms with van der Waals surface area (Å²) >= 11 is 0. The number of hydrogen-bond donors (Lipinski definition) is 2. The molecule has 0 atom stereocenters. The lowest BCUT2D eigenvalue weighted by Crippen LogP contribution is -2.14. The minimum absolute atomic E-state index is 0.132. The van der Waals surface area contributed by atoms with E-state index in [1.807, 2.05) is 0 Å². The van der Waals surface area contributed by atoms with Crippen LogP contribution < -0.4 is 9.44 Å². The van der Waals surface area contributed by atoms with Gasteiger partial charge in [-0.2, -0.15) is 0 Å². The first kappa shape index (κ1) is 27.0. The molecule has 0 heterocycles. The number of rotatable bonds is 8. The smallest absolute Gasteiger partial charge is 0.261 e. The molecule has 11 heteroatoms. The number of carbonyl (C=O) groups is 3. The van der Waals surface area contributed by atoms with Gasteiger partial charge < -0.3 is 0 Å². The predicted octanol–water partition coefficient (Wildman–Crippen LogP) is 4.90. The summed E-state index contributed by atoms with van der Waals surface area (Å²) in [6.07, 6.45) is 0. The fourth-order valence-corrected chi connectivity index (χ4v) is 6.51. The molecule has 4 aromatic carbocycles. The Morgan fingerprint density at radius 3 is 1.20 bits per heavy atom. The Kier molecular flexibility index (Phi) is 6.64. The highest BCUT2D eigenvalue weighted by atomic mass is 32.2. The normalized spacial score (nSPS) is 12.4. The van der Waals surface area contributed by atoms with Gasteiger partial charge in [-0.25, -0.2) is 16.8 Å². The molecule has 1 aliphatic carbocycles. The van der Waals surface area contributed by atoms with Crippen molar-refractivity contribution < 1.29 is 31.2 Å². The highest BCUT2D eigenvalue weighted by molar-refractivity contribution is 7.93. The summed E-state index contributed by atoms with van der Waals surface area (Å²) < 4.78 is 57.0. The van der Waals surface area contributed by atoms with Crippen molar-refractivity contribution in [2.45, 2.75) is 23.6 Å². The summed E-state index contributed by atoms with van der Waals surface area (Å²) in [6.45, 7) is 2.81. The largest absolute Gasteiger partial charge is 0.295 e. The minimum Gasteiger partial charge on any atom is -0.295 e. The average Bonchev–Trinajstić information content (AvgIpc) is 3.19. The van der Waals surface area contributed by atoms with Crippen LogP contribution in [-0.4, -0.2) is 34.2 Å². The van der Waals surface area contributed by atoms with Crippen LogP contribution in [-0.2, 0) is 20.0 Å². The number of anilines is 2. The standard InChI is InChI=1S/C29H22N2O7S2/c1-17(32)19-3-7-21(8-4-19)30-39(35,36)23-11-13-25-26-14-12-24(16-28(26)29(34)27(25)15-23)40(37,38)31-22-9-5-20(6-10-22)18(2)33/h3-16,30-31H,1-2H3. The minimum atomic E-state index is -4.07. The number of nitrogens with one attached hydrogen (secondary N) is 2. The number of hydrogen-bond acceptors (Lipinski definition) is 7. The Hall–Kier alpha value is -4.61. The molecule has 4 aromatic rings. The first-order valence-corrected chi connectivity index (χ1v) is 14.9. The van der Waals surface area contributed by atoms with E-state index in [0.29, 0.717) is 22.3 Å². The van der Waals surface area contributed by atoms with Gasteiger partial charge in [-0.3, -0.25) is 23.8 Å². The zero-order valence-electron chi connectivity index (χ0n) is 21.3. The number of carbonyl (C=O) groups excluding carboxylic acids is 3. The molecule has 0 radical (unpaired) electrons. The van der Waals surface area contributed by atoms with Crippen LogP contribution in [0.4, 0.5) is 11.4 Å². The van der Waals surface area contributed by atoms with Gasteiger partial charge >= 0.3 is 0 Å². The maximum Gasteiger partial charge on any atom is 0.261 e. The molecule has 0 saturated carbocycles. The van der Waals surface area contributed by atoms with Gasteiger partial charge in [0.1, 0.15) is 0 Å². The number of Topliss-reactive ketones (excluding diaryl/α,β-unsaturated/α-hetero) is 2. The Bertz CT molecular complexity index is 1790. The van der Waals surface area contributed by atoms with Crippen molar-refractivity contribution in [3.63, 3.8) is 0 Å². The molecule has 9 nitrogen and oxygen atoms in total. The van der Waals surface area contributed by atoms with E-state index in [0.717, 1.165) is 0 Å². The quantitative estimate of drug-likeness (QED) is 0.251. The van der Waals surface area contributed by atoms with Gasteiger partial charge in [-0.1, -0.05) is 12.1 Å². The van der Waals surface area contributed by atoms with Gasteiger partial charge in [0.15, 0.2) is 17.3 Å². The van der Waals surface area contributed by atoms with Crippen LogP contribution in [0.5, 0.6) is 0 Å². The van der Waals surface area contributed by atoms with Crippen molar-refractivity contribution in [3.8, 4) is 11.1 Å². The first-order chi connectivity index (χ1) is 18.9. The van der Waals surface area contributed by atoms with Crippen LogP contribution in [0.3, 0.4) is 0 Å². The molecule has 0 amide bonds. The van der Waals surface area contributed by atoms with Crippen molar-refractivity contribution in [2.24, 2.45) is 0 Å². The maximum absolute atomic E-state index is 13.3. The first-order valence-electron chi connectivity index (χ1n) is 12.0. The van der Waals surface area contributed by atoms with E-state index in [1.54, 1.807) is 0 Å². The summed E-state index contributed by atoms with van der Waals surface area (Å²) in [6, 6.07) is 20.2. The Balaban J connectivity index is 1.40. The van der Waals surface area contributed by atoms with Crippen LogP contribution in [0, 0.1) is 0 Å². The van der Waals surface area contributed by atoms with Crippen LogP contribution in [0.25, 0.3) is 11.1 Å². The van der Waals surface area contributed by atoms with Crippen molar-refractivity contribution in [1.82, 2.24) is 0 Å². The molecule has 2 N–H and O–H groups in total. The van der Waals surface area contributed by atoms with E-state index in [2.05, 4.69) is 9.44 Å². The van der Waals surface area contributed by atoms with Crippen molar-refractivity contribution in [3.05, 3.63) is 107 Å². The highest BCUT2D eigenvalue weighted by Crippen LogP contribution is 2.39. The topological polar surface area (TPSA) is 144 Å². The third kappa shape index (κ3) is 5.04. The van der Waals surface area contributed by atoms with Gasteiger partial charge in [0.05, 0.1) is 9.79 Å². The third-order valence-corrected chi connectivity index (χ3v) is 9.23. The molecule has 5 rings (SSSR count). The lowest BCUT2D eigenvalue weighted by Gasteiger charge is -2.10. The Labute approximate surface area is 231 Å². The van der Waals surface area contributed by atoms with E-state index >= 15 is 0 Å². The molecule has 0 spiro atoms. The number of benzene rings is 4. The zero-order chi connectivity index (χ0) is 28.8. The SMILES string of the molecule is CC(=O)c1ccc(NS(=O)(=O)c2ccc3c(c2)C(=O)c2cc(S(=O)(=O)Nc4ccc(C(C)=O)cc4)ccc2-3)cc1. The average molecular weight is 575 g/mol. The van der Waals surface area contributed by atoms with Crippen molar-refractivity contribution in [1.29, 1.82) is 0 Å². The zero-order valence-corrected chi connectivity index (χ0v) is 22.9. The summed E-state index contributed by atoms with van der Waals surface area (Å²) in [7, 11) is -8.13. The lowest BCUT2D eigenvalue weighted by atomic mass is 10.1. The Morgan fingerprint density at radius 2 is 0.875 bits per heavy atom. The van der Waals surface area contributed by atoms with Gasteiger partial charge in [0.25, 0.3) is 20.0 Å². The molecule has 0 unspecified atom stereocenters. The molecule has 0 aromatic heterocycles. The van der Waals surface area contributed by atoms with E-state index in [9.17, 15) is 31.2 Å². The molecule has 202 valence electrons. The second-order valence-electron chi connectivity index (χ2n) is 9.22. The molecule has 0 bridgehead atoms. The monoisotopic (exact) mass is 574 g/mol. The van der Waals surface area contributed by atoms with Crippen LogP contribution in [0.1, 0.15) is 50.5 Å². The van der Waals surface area contributed by atoms with Crippen LogP contribution in [0.2, 0.25) is 0 Å². The summed E-state index contributed by atoms with van der Waals surface area (Å²) in [5, 5.41) is 0. The molecule has 0 saturated heterocycles. The lowest BCUT2D eigenvalue weighted by molar-refractivity contribution is 0.100. The fraction of sp³-hybridized carbons (Fsp3) is 0.0690. The summed E-state index contributed by atoms with van der Waals surface area (Å²) in [5.74, 6) is -0.807. The molecule has 0 aliphatic heterocycles. The summed E-state index contributed by atoms with van der Waals surface area (Å²) in [5.41, 5.74) is 2.61. The molecule has 1 aliphatic rings. The fourth-order valence-electron chi connectivity index (χ4n) is 4.35. The maximum atomic E-state index is 13.3. The van der Waals surface area contributed by atoms with Crippen molar-refractivity contribution in [2.75, 3.05) is 9.44 Å². The van der Waals surface area contributed by atoms with Crippen LogP contribution >= 0.6 is 0 Å².